The minimum Gasteiger partial charge on any atom is -0.287 e. The molecule has 21 heavy (non-hydrogen) atoms. The van der Waals surface area contributed by atoms with Crippen molar-refractivity contribution in [1.82, 2.24) is 5.32 Å². The second kappa shape index (κ2) is 6.06. The highest BCUT2D eigenvalue weighted by Gasteiger charge is 2.37. The Hall–Kier alpha value is -2.19. The molecule has 1 unspecified atom stereocenters. The Bertz CT molecular complexity index is 556. The molecule has 1 rings (SSSR count). The summed E-state index contributed by atoms with van der Waals surface area (Å²) < 4.78 is 75.9. The van der Waals surface area contributed by atoms with E-state index in [1.54, 1.807) is 6.07 Å². The third-order valence-electron chi connectivity index (χ3n) is 2.48. The molecule has 1 atom stereocenters. The highest BCUT2D eigenvalue weighted by molar-refractivity contribution is 5.37. The molecule has 0 fully saturated rings. The van der Waals surface area contributed by atoms with Crippen molar-refractivity contribution in [2.75, 3.05) is 6.54 Å². The molecule has 8 heteroatoms. The summed E-state index contributed by atoms with van der Waals surface area (Å²) in [5, 5.41) is 11.2. The van der Waals surface area contributed by atoms with Crippen molar-refractivity contribution in [3.8, 4) is 18.4 Å². The number of hydrogen-bond donors (Lipinski definition) is 1. The molecule has 0 amide bonds. The van der Waals surface area contributed by atoms with Crippen LogP contribution >= 0.6 is 0 Å². The van der Waals surface area contributed by atoms with E-state index in [-0.39, 0.29) is 12.6 Å². The van der Waals surface area contributed by atoms with Crippen molar-refractivity contribution in [1.29, 1.82) is 5.26 Å². The Morgan fingerprint density at radius 1 is 1.05 bits per heavy atom. The summed E-state index contributed by atoms with van der Waals surface area (Å²) in [5.74, 6) is 2.09. The average Bonchev–Trinajstić information content (AvgIpc) is 2.37. The summed E-state index contributed by atoms with van der Waals surface area (Å²) in [6.07, 6.45) is -4.99. The average molecular weight is 306 g/mol. The highest BCUT2D eigenvalue weighted by atomic mass is 19.4. The molecular formula is C13H8F6N2. The number of halogens is 6. The molecule has 1 N–H and O–H groups in total. The van der Waals surface area contributed by atoms with Gasteiger partial charge in [0.05, 0.1) is 23.7 Å². The van der Waals surface area contributed by atoms with Gasteiger partial charge >= 0.3 is 12.4 Å². The van der Waals surface area contributed by atoms with Gasteiger partial charge in [0.25, 0.3) is 0 Å². The number of benzene rings is 1. The lowest BCUT2D eigenvalue weighted by Crippen LogP contribution is -2.22. The van der Waals surface area contributed by atoms with Gasteiger partial charge in [-0.2, -0.15) is 31.6 Å². The lowest BCUT2D eigenvalue weighted by Gasteiger charge is -2.16. The van der Waals surface area contributed by atoms with E-state index in [0.717, 1.165) is 0 Å². The van der Waals surface area contributed by atoms with Crippen molar-refractivity contribution in [2.24, 2.45) is 0 Å². The van der Waals surface area contributed by atoms with Gasteiger partial charge in [-0.3, -0.25) is 5.32 Å². The van der Waals surface area contributed by atoms with E-state index in [9.17, 15) is 26.3 Å². The summed E-state index contributed by atoms with van der Waals surface area (Å²) in [6, 6.07) is 1.18. The van der Waals surface area contributed by atoms with E-state index >= 15 is 0 Å². The Balaban J connectivity index is 3.39. The van der Waals surface area contributed by atoms with Gasteiger partial charge in [0, 0.05) is 0 Å². The number of terminal acetylenes is 1. The molecule has 0 saturated carbocycles. The van der Waals surface area contributed by atoms with Crippen LogP contribution in [0.1, 0.15) is 22.7 Å². The smallest absolute Gasteiger partial charge is 0.287 e. The number of nitrogens with zero attached hydrogens (tertiary/aromatic N) is 1. The first-order valence-corrected chi connectivity index (χ1v) is 5.45. The summed E-state index contributed by atoms with van der Waals surface area (Å²) in [7, 11) is 0. The lowest BCUT2D eigenvalue weighted by atomic mass is 10.00. The van der Waals surface area contributed by atoms with Crippen LogP contribution in [0.3, 0.4) is 0 Å². The second-order valence-corrected chi connectivity index (χ2v) is 3.99. The molecule has 0 heterocycles. The van der Waals surface area contributed by atoms with E-state index in [2.05, 4.69) is 11.2 Å². The van der Waals surface area contributed by atoms with Gasteiger partial charge in [-0.25, -0.2) is 0 Å². The van der Waals surface area contributed by atoms with Crippen LogP contribution in [0.15, 0.2) is 18.2 Å². The van der Waals surface area contributed by atoms with Gasteiger partial charge in [-0.1, -0.05) is 5.92 Å². The molecule has 0 aliphatic carbocycles. The third kappa shape index (κ3) is 4.40. The molecule has 0 radical (unpaired) electrons. The van der Waals surface area contributed by atoms with Gasteiger partial charge in [-0.05, 0) is 23.8 Å². The highest BCUT2D eigenvalue weighted by Crippen LogP contribution is 2.37. The van der Waals surface area contributed by atoms with Gasteiger partial charge in [-0.15, -0.1) is 6.42 Å². The maximum Gasteiger partial charge on any atom is 0.416 e. The number of rotatable bonds is 3. The zero-order valence-corrected chi connectivity index (χ0v) is 10.3. The standard InChI is InChI=1S/C13H8F6N2/c1-2-3-21-11(7-20)8-4-9(12(14,15)16)6-10(5-8)13(17,18)19/h1,4-6,11,21H,3H2. The van der Waals surface area contributed by atoms with Crippen molar-refractivity contribution >= 4 is 0 Å². The van der Waals surface area contributed by atoms with Gasteiger partial charge in [0.15, 0.2) is 0 Å². The Labute approximate surface area is 116 Å². The lowest BCUT2D eigenvalue weighted by molar-refractivity contribution is -0.143. The monoisotopic (exact) mass is 306 g/mol. The predicted molar refractivity (Wildman–Crippen MR) is 61.6 cm³/mol. The minimum absolute atomic E-state index is 0.000877. The zero-order valence-electron chi connectivity index (χ0n) is 10.3. The fourth-order valence-electron chi connectivity index (χ4n) is 1.54. The first-order chi connectivity index (χ1) is 9.59. The molecule has 1 aromatic carbocycles. The van der Waals surface area contributed by atoms with E-state index in [1.165, 1.54) is 0 Å². The van der Waals surface area contributed by atoms with Crippen LogP contribution in [0.5, 0.6) is 0 Å². The number of nitrogens with one attached hydrogen (secondary N) is 1. The number of hydrogen-bond acceptors (Lipinski definition) is 2. The zero-order chi connectivity index (χ0) is 16.3. The predicted octanol–water partition coefficient (Wildman–Crippen LogP) is 3.51. The molecule has 0 aromatic heterocycles. The van der Waals surface area contributed by atoms with Crippen molar-refractivity contribution in [2.45, 2.75) is 18.4 Å². The van der Waals surface area contributed by atoms with Crippen LogP contribution in [0.4, 0.5) is 26.3 Å². The molecule has 0 spiro atoms. The number of alkyl halides is 6. The van der Waals surface area contributed by atoms with Crippen LogP contribution in [0.2, 0.25) is 0 Å². The van der Waals surface area contributed by atoms with Crippen LogP contribution in [-0.4, -0.2) is 6.54 Å². The van der Waals surface area contributed by atoms with E-state index in [1.807, 2.05) is 0 Å². The third-order valence-corrected chi connectivity index (χ3v) is 2.48. The van der Waals surface area contributed by atoms with Crippen LogP contribution in [-0.2, 0) is 12.4 Å². The molecule has 0 bridgehead atoms. The molecule has 112 valence electrons. The fourth-order valence-corrected chi connectivity index (χ4v) is 1.54. The van der Waals surface area contributed by atoms with Crippen molar-refractivity contribution in [3.63, 3.8) is 0 Å². The van der Waals surface area contributed by atoms with E-state index < -0.39 is 35.1 Å². The summed E-state index contributed by atoms with van der Waals surface area (Å²) in [6.45, 7) is -0.171. The van der Waals surface area contributed by atoms with Gasteiger partial charge in [0.1, 0.15) is 6.04 Å². The largest absolute Gasteiger partial charge is 0.416 e. The van der Waals surface area contributed by atoms with Crippen molar-refractivity contribution < 1.29 is 26.3 Å². The Kier molecular flexibility index (Phi) is 4.87. The van der Waals surface area contributed by atoms with E-state index in [0.29, 0.717) is 12.1 Å². The first kappa shape index (κ1) is 16.9. The SMILES string of the molecule is C#CCNC(C#N)c1cc(C(F)(F)F)cc(C(F)(F)F)c1. The molecule has 0 aliphatic rings. The van der Waals surface area contributed by atoms with Gasteiger partial charge < -0.3 is 0 Å². The summed E-state index contributed by atoms with van der Waals surface area (Å²) in [4.78, 5) is 0. The number of nitriles is 1. The minimum atomic E-state index is -4.96. The van der Waals surface area contributed by atoms with Crippen LogP contribution < -0.4 is 5.32 Å². The van der Waals surface area contributed by atoms with Crippen LogP contribution in [0, 0.1) is 23.7 Å². The first-order valence-electron chi connectivity index (χ1n) is 5.45. The quantitative estimate of drug-likeness (QED) is 0.685. The molecule has 2 nitrogen and oxygen atoms in total. The second-order valence-electron chi connectivity index (χ2n) is 3.99. The Morgan fingerprint density at radius 3 is 1.86 bits per heavy atom. The molecule has 0 saturated heterocycles. The van der Waals surface area contributed by atoms with E-state index in [4.69, 9.17) is 11.7 Å². The maximum atomic E-state index is 12.7. The fraction of sp³-hybridized carbons (Fsp3) is 0.308. The summed E-state index contributed by atoms with van der Waals surface area (Å²) >= 11 is 0. The molecular weight excluding hydrogens is 298 g/mol. The molecule has 0 aliphatic heterocycles. The van der Waals surface area contributed by atoms with Crippen LogP contribution in [0.25, 0.3) is 0 Å². The van der Waals surface area contributed by atoms with Gasteiger partial charge in [0.2, 0.25) is 0 Å². The molecule has 1 aromatic rings. The normalized spacial score (nSPS) is 13.3. The van der Waals surface area contributed by atoms with Crippen molar-refractivity contribution in [3.05, 3.63) is 34.9 Å². The summed E-state index contributed by atoms with van der Waals surface area (Å²) in [5.41, 5.74) is -3.40. The maximum absolute atomic E-state index is 12.7. The Morgan fingerprint density at radius 2 is 1.52 bits per heavy atom. The topological polar surface area (TPSA) is 35.8 Å².